The molecule has 0 aliphatic rings. The lowest BCUT2D eigenvalue weighted by molar-refractivity contribution is -0.137. The second-order valence-corrected chi connectivity index (χ2v) is 13.8. The Morgan fingerprint density at radius 2 is 1.55 bits per heavy atom. The minimum atomic E-state index is -3.78. The van der Waals surface area contributed by atoms with Gasteiger partial charge < -0.3 is 21.1 Å². The molecule has 2 amide bonds. The number of aliphatic hydroxyl groups is 1. The first-order valence-corrected chi connectivity index (χ1v) is 17.3. The predicted octanol–water partition coefficient (Wildman–Crippen LogP) is 4.46. The van der Waals surface area contributed by atoms with Crippen molar-refractivity contribution in [2.24, 2.45) is 5.73 Å². The molecule has 4 N–H and O–H groups in total. The summed E-state index contributed by atoms with van der Waals surface area (Å²) in [5.74, 6) is -3.21. The lowest BCUT2D eigenvalue weighted by Crippen LogP contribution is -2.55. The zero-order chi connectivity index (χ0) is 32.9. The van der Waals surface area contributed by atoms with E-state index in [4.69, 9.17) is 5.73 Å². The van der Waals surface area contributed by atoms with Gasteiger partial charge in [-0.1, -0.05) is 64.8 Å². The summed E-state index contributed by atoms with van der Waals surface area (Å²) >= 11 is 0. The largest absolute Gasteiger partial charge is 0.390 e. The second kappa shape index (κ2) is 18.2. The molecule has 2 aromatic carbocycles. The van der Waals surface area contributed by atoms with Crippen molar-refractivity contribution in [3.05, 3.63) is 70.8 Å². The fourth-order valence-corrected chi connectivity index (χ4v) is 7.46. The van der Waals surface area contributed by atoms with E-state index in [9.17, 15) is 31.9 Å². The maximum Gasteiger partial charge on any atom is 0.246 e. The zero-order valence-electron chi connectivity index (χ0n) is 26.4. The highest BCUT2D eigenvalue weighted by Gasteiger charge is 2.35. The van der Waals surface area contributed by atoms with Gasteiger partial charge in [-0.2, -0.15) is 0 Å². The summed E-state index contributed by atoms with van der Waals surface area (Å²) in [5, 5.41) is 13.1. The van der Waals surface area contributed by atoms with E-state index in [1.54, 1.807) is 6.92 Å². The van der Waals surface area contributed by atoms with Crippen molar-refractivity contribution in [3.63, 3.8) is 0 Å². The number of aliphatic hydroxyl groups excluding tert-OH is 1. The number of hydrogen-bond donors (Lipinski definition) is 3. The molecule has 0 heterocycles. The van der Waals surface area contributed by atoms with Crippen LogP contribution in [-0.2, 0) is 38.8 Å². The maximum atomic E-state index is 14.2. The molecule has 0 spiro atoms. The summed E-state index contributed by atoms with van der Waals surface area (Å²) in [4.78, 5) is 28.2. The highest BCUT2D eigenvalue weighted by molar-refractivity contribution is 7.92. The molecule has 246 valence electrons. The van der Waals surface area contributed by atoms with Gasteiger partial charge in [0.05, 0.1) is 17.1 Å². The Labute approximate surface area is 261 Å². The van der Waals surface area contributed by atoms with Gasteiger partial charge in [-0.3, -0.25) is 9.59 Å². The average molecular weight is 638 g/mol. The van der Waals surface area contributed by atoms with Crippen molar-refractivity contribution in [1.82, 2.24) is 10.2 Å². The van der Waals surface area contributed by atoms with Crippen LogP contribution in [0.4, 0.5) is 8.78 Å². The Morgan fingerprint density at radius 3 is 2.11 bits per heavy atom. The van der Waals surface area contributed by atoms with Crippen LogP contribution in [0.15, 0.2) is 42.5 Å². The normalized spacial score (nSPS) is 13.8. The molecule has 11 heteroatoms. The van der Waals surface area contributed by atoms with Gasteiger partial charge in [-0.25, -0.2) is 17.2 Å². The maximum absolute atomic E-state index is 14.2. The van der Waals surface area contributed by atoms with Gasteiger partial charge in [0.2, 0.25) is 11.8 Å². The topological polar surface area (TPSA) is 130 Å². The molecule has 8 nitrogen and oxygen atoms in total. The molecule has 0 unspecified atom stereocenters. The minimum absolute atomic E-state index is 0.0264. The molecule has 2 rings (SSSR count). The summed E-state index contributed by atoms with van der Waals surface area (Å²) in [5.41, 5.74) is 8.27. The standard InChI is InChI=1S/C33H49F2N3O5S/c1-5-10-28(11-6-2)44(42,43)22-30(37-32(40)12-7-3)33(41)38(20-24-14-9-13-23(8-4)15-24)21-31(39)29(36)18-25-16-26(34)19-27(35)17-25/h9,13-17,19,28-31,39H,5-8,10-12,18,20-22,36H2,1-4H3,(H,37,40)/t29-,30+,31+/m0/s1. The van der Waals surface area contributed by atoms with Crippen LogP contribution in [0, 0.1) is 11.6 Å². The Kier molecular flexibility index (Phi) is 15.4. The number of nitrogens with one attached hydrogen (secondary N) is 1. The number of sulfone groups is 1. The van der Waals surface area contributed by atoms with Crippen molar-refractivity contribution in [2.75, 3.05) is 12.3 Å². The third-order valence-electron chi connectivity index (χ3n) is 7.62. The molecule has 0 fully saturated rings. The molecule has 2 aromatic rings. The van der Waals surface area contributed by atoms with Gasteiger partial charge in [0.25, 0.3) is 0 Å². The van der Waals surface area contributed by atoms with E-state index >= 15 is 0 Å². The van der Waals surface area contributed by atoms with E-state index < -0.39 is 62.5 Å². The summed E-state index contributed by atoms with van der Waals surface area (Å²) in [6, 6.07) is 8.16. The molecule has 0 saturated heterocycles. The number of carbonyl (C=O) groups excluding carboxylic acids is 2. The average Bonchev–Trinajstić information content (AvgIpc) is 2.95. The number of carbonyl (C=O) groups is 2. The van der Waals surface area contributed by atoms with E-state index in [1.165, 1.54) is 4.90 Å². The van der Waals surface area contributed by atoms with E-state index in [2.05, 4.69) is 5.32 Å². The molecular weight excluding hydrogens is 588 g/mol. The summed E-state index contributed by atoms with van der Waals surface area (Å²) in [7, 11) is -3.78. The van der Waals surface area contributed by atoms with Crippen molar-refractivity contribution < 1.29 is 31.9 Å². The van der Waals surface area contributed by atoms with Crippen LogP contribution in [-0.4, -0.2) is 66.0 Å². The van der Waals surface area contributed by atoms with Crippen LogP contribution in [0.25, 0.3) is 0 Å². The third-order valence-corrected chi connectivity index (χ3v) is 9.90. The van der Waals surface area contributed by atoms with Crippen LogP contribution in [0.3, 0.4) is 0 Å². The van der Waals surface area contributed by atoms with Crippen molar-refractivity contribution in [1.29, 1.82) is 0 Å². The quantitative estimate of drug-likeness (QED) is 0.209. The van der Waals surface area contributed by atoms with Crippen LogP contribution in [0.5, 0.6) is 0 Å². The summed E-state index contributed by atoms with van der Waals surface area (Å²) in [6.07, 6.45) is 2.20. The third kappa shape index (κ3) is 11.9. The molecule has 3 atom stereocenters. The number of rotatable bonds is 19. The number of hydrogen-bond acceptors (Lipinski definition) is 6. The molecule has 0 aromatic heterocycles. The van der Waals surface area contributed by atoms with Gasteiger partial charge in [0.1, 0.15) is 17.7 Å². The number of amides is 2. The summed E-state index contributed by atoms with van der Waals surface area (Å²) in [6.45, 7) is 7.34. The minimum Gasteiger partial charge on any atom is -0.390 e. The second-order valence-electron chi connectivity index (χ2n) is 11.5. The van der Waals surface area contributed by atoms with E-state index in [-0.39, 0.29) is 31.5 Å². The molecule has 0 aliphatic carbocycles. The lowest BCUT2D eigenvalue weighted by Gasteiger charge is -2.32. The van der Waals surface area contributed by atoms with Gasteiger partial charge in [0.15, 0.2) is 9.84 Å². The van der Waals surface area contributed by atoms with E-state index in [0.29, 0.717) is 32.1 Å². The molecule has 0 radical (unpaired) electrons. The fourth-order valence-electron chi connectivity index (χ4n) is 5.30. The number of nitrogens with two attached hydrogens (primary N) is 1. The monoisotopic (exact) mass is 637 g/mol. The molecule has 0 saturated carbocycles. The lowest BCUT2D eigenvalue weighted by atomic mass is 10.0. The predicted molar refractivity (Wildman–Crippen MR) is 170 cm³/mol. The van der Waals surface area contributed by atoms with Gasteiger partial charge in [-0.05, 0) is 60.9 Å². The Bertz CT molecular complexity index is 1300. The summed E-state index contributed by atoms with van der Waals surface area (Å²) < 4.78 is 54.6. The molecule has 0 aliphatic heterocycles. The first-order valence-electron chi connectivity index (χ1n) is 15.6. The van der Waals surface area contributed by atoms with Gasteiger partial charge >= 0.3 is 0 Å². The fraction of sp³-hybridized carbons (Fsp3) is 0.576. The van der Waals surface area contributed by atoms with E-state index in [0.717, 1.165) is 35.7 Å². The van der Waals surface area contributed by atoms with Crippen molar-refractivity contribution in [2.45, 2.75) is 109 Å². The van der Waals surface area contributed by atoms with Crippen molar-refractivity contribution >= 4 is 21.7 Å². The van der Waals surface area contributed by atoms with Gasteiger partial charge in [-0.15, -0.1) is 0 Å². The first-order chi connectivity index (χ1) is 20.8. The number of nitrogens with zero attached hydrogens (tertiary/aromatic N) is 1. The first kappa shape index (κ1) is 37.3. The number of benzene rings is 2. The van der Waals surface area contributed by atoms with E-state index in [1.807, 2.05) is 45.0 Å². The molecular formula is C33H49F2N3O5S. The highest BCUT2D eigenvalue weighted by atomic mass is 32.2. The molecule has 0 bridgehead atoms. The van der Waals surface area contributed by atoms with Crippen LogP contribution < -0.4 is 11.1 Å². The SMILES string of the molecule is CCCC(=O)N[C@H](CS(=O)(=O)C(CCC)CCC)C(=O)N(Cc1cccc(CC)c1)C[C@@H](O)[C@@H](N)Cc1cc(F)cc(F)c1. The zero-order valence-corrected chi connectivity index (χ0v) is 27.2. The van der Waals surface area contributed by atoms with Crippen molar-refractivity contribution in [3.8, 4) is 0 Å². The Hall–Kier alpha value is -2.89. The molecule has 44 heavy (non-hydrogen) atoms. The Morgan fingerprint density at radius 1 is 0.932 bits per heavy atom. The number of halogens is 2. The van der Waals surface area contributed by atoms with Crippen LogP contribution in [0.1, 0.15) is 82.9 Å². The Balaban J connectivity index is 2.44. The number of aryl methyl sites for hydroxylation is 1. The van der Waals surface area contributed by atoms with Crippen LogP contribution in [0.2, 0.25) is 0 Å². The smallest absolute Gasteiger partial charge is 0.246 e. The van der Waals surface area contributed by atoms with Crippen LogP contribution >= 0.6 is 0 Å². The van der Waals surface area contributed by atoms with Gasteiger partial charge in [0, 0.05) is 31.6 Å². The highest BCUT2D eigenvalue weighted by Crippen LogP contribution is 2.19.